The van der Waals surface area contributed by atoms with E-state index < -0.39 is 10.0 Å². The number of benzene rings is 1. The van der Waals surface area contributed by atoms with Crippen molar-refractivity contribution in [3.8, 4) is 11.5 Å². The summed E-state index contributed by atoms with van der Waals surface area (Å²) in [6.07, 6.45) is 1.79. The molecule has 0 aliphatic carbocycles. The minimum Gasteiger partial charge on any atom is -0.493 e. The smallest absolute Gasteiger partial charge is 0.245 e. The fourth-order valence-corrected chi connectivity index (χ4v) is 5.05. The molecule has 140 valence electrons. The molecular formula is C17H18Cl2N2O4S. The van der Waals surface area contributed by atoms with Gasteiger partial charge >= 0.3 is 0 Å². The SMILES string of the molecule is COc1cc2c(cc1OC)[C@@H](C)N(S(=O)(=O)c1cnc(Cl)c(Cl)c1)CC2. The lowest BCUT2D eigenvalue weighted by molar-refractivity contribution is 0.319. The highest BCUT2D eigenvalue weighted by atomic mass is 35.5. The van der Waals surface area contributed by atoms with E-state index in [4.69, 9.17) is 32.7 Å². The van der Waals surface area contributed by atoms with Gasteiger partial charge in [-0.25, -0.2) is 13.4 Å². The lowest BCUT2D eigenvalue weighted by atomic mass is 9.94. The van der Waals surface area contributed by atoms with E-state index in [0.29, 0.717) is 24.5 Å². The summed E-state index contributed by atoms with van der Waals surface area (Å²) >= 11 is 11.7. The Hall–Kier alpha value is -1.54. The lowest BCUT2D eigenvalue weighted by Gasteiger charge is -2.34. The van der Waals surface area contributed by atoms with Crippen molar-refractivity contribution in [2.45, 2.75) is 24.3 Å². The first-order valence-electron chi connectivity index (χ1n) is 7.87. The van der Waals surface area contributed by atoms with Gasteiger partial charge in [-0.1, -0.05) is 23.2 Å². The molecule has 3 rings (SSSR count). The van der Waals surface area contributed by atoms with E-state index in [9.17, 15) is 8.42 Å². The molecule has 9 heteroatoms. The summed E-state index contributed by atoms with van der Waals surface area (Å²) in [6, 6.07) is 4.67. The number of hydrogen-bond acceptors (Lipinski definition) is 5. The topological polar surface area (TPSA) is 68.7 Å². The zero-order chi connectivity index (χ0) is 19.1. The fraction of sp³-hybridized carbons (Fsp3) is 0.353. The molecular weight excluding hydrogens is 399 g/mol. The molecule has 1 aromatic carbocycles. The summed E-state index contributed by atoms with van der Waals surface area (Å²) in [5, 5.41) is 0.170. The number of hydrogen-bond donors (Lipinski definition) is 0. The van der Waals surface area contributed by atoms with Crippen LogP contribution in [0.4, 0.5) is 0 Å². The minimum atomic E-state index is -3.77. The summed E-state index contributed by atoms with van der Waals surface area (Å²) < 4.78 is 38.3. The number of pyridine rings is 1. The molecule has 0 saturated carbocycles. The van der Waals surface area contributed by atoms with Crippen LogP contribution in [-0.2, 0) is 16.4 Å². The number of aromatic nitrogens is 1. The molecule has 0 bridgehead atoms. The third-order valence-corrected chi connectivity index (χ3v) is 7.13. The summed E-state index contributed by atoms with van der Waals surface area (Å²) in [7, 11) is -0.650. The van der Waals surface area contributed by atoms with Crippen LogP contribution in [-0.4, -0.2) is 38.5 Å². The number of rotatable bonds is 4. The number of halogens is 2. The average molecular weight is 417 g/mol. The van der Waals surface area contributed by atoms with Crippen molar-refractivity contribution >= 4 is 33.2 Å². The van der Waals surface area contributed by atoms with Crippen molar-refractivity contribution < 1.29 is 17.9 Å². The van der Waals surface area contributed by atoms with Gasteiger partial charge < -0.3 is 9.47 Å². The molecule has 0 saturated heterocycles. The molecule has 26 heavy (non-hydrogen) atoms. The zero-order valence-electron chi connectivity index (χ0n) is 14.5. The highest BCUT2D eigenvalue weighted by Gasteiger charge is 2.35. The van der Waals surface area contributed by atoms with Gasteiger partial charge in [-0.3, -0.25) is 0 Å². The van der Waals surface area contributed by atoms with Gasteiger partial charge in [0.2, 0.25) is 10.0 Å². The second kappa shape index (κ2) is 7.23. The Morgan fingerprint density at radius 2 is 1.81 bits per heavy atom. The average Bonchev–Trinajstić information content (AvgIpc) is 2.62. The van der Waals surface area contributed by atoms with Gasteiger partial charge in [0.15, 0.2) is 11.5 Å². The van der Waals surface area contributed by atoms with E-state index in [1.54, 1.807) is 14.2 Å². The molecule has 0 N–H and O–H groups in total. The Kier molecular flexibility index (Phi) is 5.35. The van der Waals surface area contributed by atoms with Gasteiger partial charge in [-0.05, 0) is 42.7 Å². The first-order valence-corrected chi connectivity index (χ1v) is 10.1. The second-order valence-corrected chi connectivity index (χ2v) is 8.55. The quantitative estimate of drug-likeness (QED) is 0.710. The number of fused-ring (bicyclic) bond motifs is 1. The first-order chi connectivity index (χ1) is 12.3. The van der Waals surface area contributed by atoms with Crippen LogP contribution in [0.1, 0.15) is 24.1 Å². The predicted molar refractivity (Wildman–Crippen MR) is 99.8 cm³/mol. The predicted octanol–water partition coefficient (Wildman–Crippen LogP) is 3.71. The Labute approximate surface area is 162 Å². The number of methoxy groups -OCH3 is 2. The van der Waals surface area contributed by atoms with E-state index in [1.807, 2.05) is 19.1 Å². The Bertz CT molecular complexity index is 950. The van der Waals surface area contributed by atoms with E-state index >= 15 is 0 Å². The minimum absolute atomic E-state index is 0.0164. The molecule has 1 aliphatic rings. The monoisotopic (exact) mass is 416 g/mol. The van der Waals surface area contributed by atoms with Crippen molar-refractivity contribution in [2.24, 2.45) is 0 Å². The number of sulfonamides is 1. The van der Waals surface area contributed by atoms with Gasteiger partial charge in [0.25, 0.3) is 0 Å². The highest BCUT2D eigenvalue weighted by Crippen LogP contribution is 2.40. The standard InChI is InChI=1S/C17H18Cl2N2O4S/c1-10-13-8-16(25-3)15(24-2)6-11(13)4-5-21(10)26(22,23)12-7-14(18)17(19)20-9-12/h6-10H,4-5H2,1-3H3/t10-/m1/s1. The van der Waals surface area contributed by atoms with Crippen LogP contribution < -0.4 is 9.47 Å². The Morgan fingerprint density at radius 3 is 2.42 bits per heavy atom. The van der Waals surface area contributed by atoms with Crippen LogP contribution in [0, 0.1) is 0 Å². The van der Waals surface area contributed by atoms with Gasteiger partial charge in [-0.15, -0.1) is 0 Å². The molecule has 0 unspecified atom stereocenters. The molecule has 0 amide bonds. The number of nitrogens with zero attached hydrogens (tertiary/aromatic N) is 2. The Balaban J connectivity index is 2.02. The molecule has 2 heterocycles. The summed E-state index contributed by atoms with van der Waals surface area (Å²) in [6.45, 7) is 2.18. The van der Waals surface area contributed by atoms with Crippen molar-refractivity contribution in [1.29, 1.82) is 0 Å². The normalized spacial score (nSPS) is 17.7. The van der Waals surface area contributed by atoms with Crippen molar-refractivity contribution in [1.82, 2.24) is 9.29 Å². The van der Waals surface area contributed by atoms with Crippen LogP contribution in [0.5, 0.6) is 11.5 Å². The molecule has 0 radical (unpaired) electrons. The molecule has 1 aliphatic heterocycles. The third kappa shape index (κ3) is 3.24. The maximum atomic E-state index is 13.1. The second-order valence-electron chi connectivity index (χ2n) is 5.89. The Morgan fingerprint density at radius 1 is 1.15 bits per heavy atom. The van der Waals surface area contributed by atoms with Gasteiger partial charge in [-0.2, -0.15) is 4.31 Å². The number of ether oxygens (including phenoxy) is 2. The molecule has 0 spiro atoms. The van der Waals surface area contributed by atoms with Crippen molar-refractivity contribution in [3.63, 3.8) is 0 Å². The van der Waals surface area contributed by atoms with Gasteiger partial charge in [0.05, 0.1) is 19.2 Å². The van der Waals surface area contributed by atoms with Gasteiger partial charge in [0, 0.05) is 18.8 Å². The summed E-state index contributed by atoms with van der Waals surface area (Å²) in [4.78, 5) is 3.87. The molecule has 0 fully saturated rings. The molecule has 1 aromatic heterocycles. The van der Waals surface area contributed by atoms with Crippen LogP contribution >= 0.6 is 23.2 Å². The molecule has 1 atom stereocenters. The first kappa shape index (κ1) is 19.2. The maximum absolute atomic E-state index is 13.1. The highest BCUT2D eigenvalue weighted by molar-refractivity contribution is 7.89. The van der Waals surface area contributed by atoms with Crippen molar-refractivity contribution in [3.05, 3.63) is 45.7 Å². The fourth-order valence-electron chi connectivity index (χ4n) is 3.13. The largest absolute Gasteiger partial charge is 0.493 e. The zero-order valence-corrected chi connectivity index (χ0v) is 16.8. The molecule has 6 nitrogen and oxygen atoms in total. The van der Waals surface area contributed by atoms with E-state index in [-0.39, 0.29) is 21.1 Å². The van der Waals surface area contributed by atoms with Crippen LogP contribution in [0.3, 0.4) is 0 Å². The van der Waals surface area contributed by atoms with Crippen molar-refractivity contribution in [2.75, 3.05) is 20.8 Å². The van der Waals surface area contributed by atoms with Crippen LogP contribution in [0.2, 0.25) is 10.2 Å². The third-order valence-electron chi connectivity index (χ3n) is 4.51. The lowest BCUT2D eigenvalue weighted by Crippen LogP contribution is -2.38. The van der Waals surface area contributed by atoms with Gasteiger partial charge in [0.1, 0.15) is 10.0 Å². The maximum Gasteiger partial charge on any atom is 0.245 e. The van der Waals surface area contributed by atoms with E-state index in [2.05, 4.69) is 4.98 Å². The summed E-state index contributed by atoms with van der Waals surface area (Å²) in [5.74, 6) is 1.19. The van der Waals surface area contributed by atoms with Crippen LogP contribution in [0.15, 0.2) is 29.3 Å². The van der Waals surface area contributed by atoms with E-state index in [1.165, 1.54) is 16.6 Å². The van der Waals surface area contributed by atoms with Crippen LogP contribution in [0.25, 0.3) is 0 Å². The molecule has 2 aromatic rings. The summed E-state index contributed by atoms with van der Waals surface area (Å²) in [5.41, 5.74) is 1.92. The van der Waals surface area contributed by atoms with E-state index in [0.717, 1.165) is 11.1 Å².